The Hall–Kier alpha value is -1.60. The summed E-state index contributed by atoms with van der Waals surface area (Å²) in [6.07, 6.45) is 0. The summed E-state index contributed by atoms with van der Waals surface area (Å²) in [6, 6.07) is 0. The van der Waals surface area contributed by atoms with E-state index >= 15 is 0 Å². The van der Waals surface area contributed by atoms with Crippen LogP contribution < -0.4 is 5.73 Å². The van der Waals surface area contributed by atoms with Gasteiger partial charge in [-0.15, -0.1) is 0 Å². The molecule has 0 fully saturated rings. The lowest BCUT2D eigenvalue weighted by atomic mass is 10.0. The Morgan fingerprint density at radius 2 is 1.68 bits per heavy atom. The minimum atomic E-state index is -1.64. The van der Waals surface area contributed by atoms with Gasteiger partial charge in [0.1, 0.15) is 5.02 Å². The van der Waals surface area contributed by atoms with Gasteiger partial charge in [-0.2, -0.15) is 4.39 Å². The van der Waals surface area contributed by atoms with E-state index in [2.05, 4.69) is 14.5 Å². The Kier molecular flexibility index (Phi) is 4.90. The highest BCUT2D eigenvalue weighted by molar-refractivity contribution is 6.39. The lowest BCUT2D eigenvalue weighted by molar-refractivity contribution is -0.154. The molecule has 0 unspecified atom stereocenters. The van der Waals surface area contributed by atoms with Gasteiger partial charge in [-0.1, -0.05) is 23.2 Å². The van der Waals surface area contributed by atoms with Crippen LogP contribution in [0, 0.1) is 5.95 Å². The van der Waals surface area contributed by atoms with Gasteiger partial charge < -0.3 is 15.2 Å². The van der Waals surface area contributed by atoms with E-state index in [1.165, 1.54) is 0 Å². The van der Waals surface area contributed by atoms with Crippen molar-refractivity contribution in [3.63, 3.8) is 0 Å². The second kappa shape index (κ2) is 6.03. The van der Waals surface area contributed by atoms with Crippen molar-refractivity contribution in [3.8, 4) is 0 Å². The molecular weight excluding hydrogens is 302 g/mol. The summed E-state index contributed by atoms with van der Waals surface area (Å²) in [5.41, 5.74) is 4.71. The molecule has 19 heavy (non-hydrogen) atoms. The maximum absolute atomic E-state index is 13.4. The number of carbonyl (C=O) groups excluding carboxylic acids is 2. The number of nitrogens with zero attached hydrogens (tertiary/aromatic N) is 1. The van der Waals surface area contributed by atoms with Crippen LogP contribution in [0.5, 0.6) is 0 Å². The third kappa shape index (κ3) is 2.87. The fourth-order valence-corrected chi connectivity index (χ4v) is 1.73. The molecule has 0 radical (unpaired) electrons. The second-order valence-corrected chi connectivity index (χ2v) is 4.06. The molecule has 0 aliphatic carbocycles. The van der Waals surface area contributed by atoms with Crippen LogP contribution >= 0.6 is 23.2 Å². The summed E-state index contributed by atoms with van der Waals surface area (Å²) in [7, 11) is 2.09. The normalized spacial score (nSPS) is 10.4. The number of nitrogens with two attached hydrogens (primary N) is 1. The van der Waals surface area contributed by atoms with E-state index in [1.807, 2.05) is 0 Å². The first-order valence-corrected chi connectivity index (χ1v) is 5.56. The maximum atomic E-state index is 13.4. The van der Waals surface area contributed by atoms with Gasteiger partial charge in [0.2, 0.25) is 5.95 Å². The number of nitrogen functional groups attached to an aromatic ring is 1. The standard InChI is InChI=1S/C10H9Cl2FN2O4/c1-18-9(16)3(10(17)19-2)7-4(11)6(14)5(12)8(13)15-7/h3H,1-2H3,(H2,14,15). The number of methoxy groups -OCH3 is 2. The van der Waals surface area contributed by atoms with Crippen LogP contribution in [0.25, 0.3) is 0 Å². The molecule has 0 aromatic carbocycles. The minimum absolute atomic E-state index is 0.313. The van der Waals surface area contributed by atoms with Gasteiger partial charge in [0.15, 0.2) is 5.92 Å². The Morgan fingerprint density at radius 3 is 2.11 bits per heavy atom. The molecule has 1 aromatic rings. The van der Waals surface area contributed by atoms with E-state index in [-0.39, 0.29) is 10.7 Å². The lowest BCUT2D eigenvalue weighted by Crippen LogP contribution is -2.26. The van der Waals surface area contributed by atoms with E-state index in [0.717, 1.165) is 14.2 Å². The molecule has 0 saturated carbocycles. The molecule has 0 amide bonds. The monoisotopic (exact) mass is 310 g/mol. The number of anilines is 1. The number of ether oxygens (including phenoxy) is 2. The Bertz CT molecular complexity index is 523. The van der Waals surface area contributed by atoms with E-state index in [9.17, 15) is 14.0 Å². The first kappa shape index (κ1) is 15.5. The van der Waals surface area contributed by atoms with Crippen LogP contribution in [-0.2, 0) is 19.1 Å². The van der Waals surface area contributed by atoms with E-state index in [0.29, 0.717) is 0 Å². The van der Waals surface area contributed by atoms with Gasteiger partial charge in [0.05, 0.1) is 30.6 Å². The quantitative estimate of drug-likeness (QED) is 0.517. The topological polar surface area (TPSA) is 91.5 Å². The molecule has 0 aliphatic rings. The van der Waals surface area contributed by atoms with Crippen molar-refractivity contribution in [2.24, 2.45) is 0 Å². The minimum Gasteiger partial charge on any atom is -0.468 e. The zero-order valence-electron chi connectivity index (χ0n) is 9.87. The third-order valence-electron chi connectivity index (χ3n) is 2.24. The van der Waals surface area contributed by atoms with Crippen molar-refractivity contribution in [2.45, 2.75) is 5.92 Å². The number of esters is 2. The fourth-order valence-electron chi connectivity index (χ4n) is 1.30. The summed E-state index contributed by atoms with van der Waals surface area (Å²) in [5.74, 6) is -4.82. The molecule has 1 aromatic heterocycles. The summed E-state index contributed by atoms with van der Waals surface area (Å²) in [4.78, 5) is 26.5. The Morgan fingerprint density at radius 1 is 1.21 bits per heavy atom. The first-order chi connectivity index (χ1) is 8.84. The smallest absolute Gasteiger partial charge is 0.326 e. The van der Waals surface area contributed by atoms with Gasteiger partial charge in [0.25, 0.3) is 0 Å². The van der Waals surface area contributed by atoms with Crippen molar-refractivity contribution >= 4 is 40.8 Å². The van der Waals surface area contributed by atoms with Crippen molar-refractivity contribution < 1.29 is 23.5 Å². The number of hydrogen-bond acceptors (Lipinski definition) is 6. The average molecular weight is 311 g/mol. The molecule has 0 aliphatic heterocycles. The molecule has 0 saturated heterocycles. The van der Waals surface area contributed by atoms with E-state index in [4.69, 9.17) is 28.9 Å². The average Bonchev–Trinajstić information content (AvgIpc) is 2.41. The van der Waals surface area contributed by atoms with Crippen molar-refractivity contribution in [1.82, 2.24) is 4.98 Å². The highest BCUT2D eigenvalue weighted by Crippen LogP contribution is 2.35. The summed E-state index contributed by atoms with van der Waals surface area (Å²) in [5, 5.41) is -0.811. The van der Waals surface area contributed by atoms with Crippen LogP contribution in [-0.4, -0.2) is 31.1 Å². The van der Waals surface area contributed by atoms with Crippen LogP contribution in [0.15, 0.2) is 0 Å². The second-order valence-electron chi connectivity index (χ2n) is 3.31. The summed E-state index contributed by atoms with van der Waals surface area (Å²) >= 11 is 11.3. The molecule has 6 nitrogen and oxygen atoms in total. The van der Waals surface area contributed by atoms with Gasteiger partial charge in [-0.25, -0.2) is 4.98 Å². The number of pyridine rings is 1. The molecule has 0 atom stereocenters. The molecule has 1 heterocycles. The zero-order valence-corrected chi connectivity index (χ0v) is 11.4. The number of carbonyl (C=O) groups is 2. The van der Waals surface area contributed by atoms with Crippen LogP contribution in [0.3, 0.4) is 0 Å². The van der Waals surface area contributed by atoms with E-state index in [1.54, 1.807) is 0 Å². The van der Waals surface area contributed by atoms with Gasteiger partial charge >= 0.3 is 11.9 Å². The molecule has 104 valence electrons. The molecule has 9 heteroatoms. The number of halogens is 3. The summed E-state index contributed by atoms with van der Waals surface area (Å²) in [6.45, 7) is 0. The lowest BCUT2D eigenvalue weighted by Gasteiger charge is -2.15. The number of aromatic nitrogens is 1. The largest absolute Gasteiger partial charge is 0.468 e. The SMILES string of the molecule is COC(=O)C(C(=O)OC)c1nc(F)c(Cl)c(N)c1Cl. The first-order valence-electron chi connectivity index (χ1n) is 4.80. The molecule has 0 spiro atoms. The molecule has 0 bridgehead atoms. The van der Waals surface area contributed by atoms with E-state index < -0.39 is 34.5 Å². The summed E-state index contributed by atoms with van der Waals surface area (Å²) < 4.78 is 22.3. The maximum Gasteiger partial charge on any atom is 0.326 e. The third-order valence-corrected chi connectivity index (χ3v) is 3.00. The van der Waals surface area contributed by atoms with Crippen molar-refractivity contribution in [2.75, 3.05) is 20.0 Å². The number of rotatable bonds is 3. The van der Waals surface area contributed by atoms with Gasteiger partial charge in [0, 0.05) is 0 Å². The predicted octanol–water partition coefficient (Wildman–Crippen LogP) is 1.54. The van der Waals surface area contributed by atoms with Crippen molar-refractivity contribution in [1.29, 1.82) is 0 Å². The predicted molar refractivity (Wildman–Crippen MR) is 65.4 cm³/mol. The zero-order chi connectivity index (χ0) is 14.7. The van der Waals surface area contributed by atoms with Gasteiger partial charge in [-0.3, -0.25) is 9.59 Å². The van der Waals surface area contributed by atoms with Crippen LogP contribution in [0.1, 0.15) is 11.6 Å². The van der Waals surface area contributed by atoms with Crippen molar-refractivity contribution in [3.05, 3.63) is 21.7 Å². The molecule has 2 N–H and O–H groups in total. The van der Waals surface area contributed by atoms with Gasteiger partial charge in [-0.05, 0) is 0 Å². The molecule has 1 rings (SSSR count). The van der Waals surface area contributed by atoms with Crippen LogP contribution in [0.2, 0.25) is 10.0 Å². The fraction of sp³-hybridized carbons (Fsp3) is 0.300. The molecular formula is C10H9Cl2FN2O4. The Balaban J connectivity index is 3.47. The highest BCUT2D eigenvalue weighted by atomic mass is 35.5. The van der Waals surface area contributed by atoms with Crippen LogP contribution in [0.4, 0.5) is 10.1 Å². The Labute approximate surface area is 117 Å². The number of hydrogen-bond donors (Lipinski definition) is 1. The highest BCUT2D eigenvalue weighted by Gasteiger charge is 2.35.